The molecular formula is C11H8N5. The van der Waals surface area contributed by atoms with Gasteiger partial charge in [-0.25, -0.2) is 9.97 Å². The predicted molar refractivity (Wildman–Crippen MR) is 58.0 cm³/mol. The van der Waals surface area contributed by atoms with E-state index in [-0.39, 0.29) is 0 Å². The van der Waals surface area contributed by atoms with E-state index >= 15 is 0 Å². The number of hydrogen-bond acceptors (Lipinski definition) is 4. The number of rotatable bonds is 1. The highest BCUT2D eigenvalue weighted by Crippen LogP contribution is 2.10. The summed E-state index contributed by atoms with van der Waals surface area (Å²) < 4.78 is 0. The Morgan fingerprint density at radius 1 is 1.31 bits per heavy atom. The van der Waals surface area contributed by atoms with Gasteiger partial charge in [-0.15, -0.1) is 4.80 Å². The summed E-state index contributed by atoms with van der Waals surface area (Å²) in [4.78, 5) is 10.0. The van der Waals surface area contributed by atoms with Crippen LogP contribution in [0.5, 0.6) is 0 Å². The van der Waals surface area contributed by atoms with Crippen LogP contribution in [0.4, 0.5) is 0 Å². The third-order valence-electron chi connectivity index (χ3n) is 2.18. The number of hydrogen-bond donors (Lipinski definition) is 0. The second-order valence-electron chi connectivity index (χ2n) is 3.41. The van der Waals surface area contributed by atoms with Gasteiger partial charge in [0.15, 0.2) is 11.5 Å². The molecule has 5 heteroatoms. The maximum atomic E-state index is 4.35. The predicted octanol–water partition coefficient (Wildman–Crippen LogP) is 1.32. The number of aryl methyl sites for hydroxylation is 1. The average molecular weight is 210 g/mol. The summed E-state index contributed by atoms with van der Waals surface area (Å²) in [6, 6.07) is 8.58. The van der Waals surface area contributed by atoms with Gasteiger partial charge in [0.2, 0.25) is 0 Å². The van der Waals surface area contributed by atoms with Crippen molar-refractivity contribution in [2.45, 2.75) is 6.92 Å². The van der Waals surface area contributed by atoms with E-state index in [9.17, 15) is 0 Å². The van der Waals surface area contributed by atoms with Crippen molar-refractivity contribution >= 4 is 11.0 Å². The molecule has 0 amide bonds. The van der Waals surface area contributed by atoms with Crippen molar-refractivity contribution in [2.24, 2.45) is 0 Å². The molecule has 0 fully saturated rings. The van der Waals surface area contributed by atoms with Crippen LogP contribution >= 0.6 is 0 Å². The monoisotopic (exact) mass is 210 g/mol. The normalized spacial score (nSPS) is 10.8. The fourth-order valence-corrected chi connectivity index (χ4v) is 1.45. The zero-order valence-electron chi connectivity index (χ0n) is 8.62. The summed E-state index contributed by atoms with van der Waals surface area (Å²) in [5.41, 5.74) is 1.50. The van der Waals surface area contributed by atoms with Crippen LogP contribution in [0.25, 0.3) is 16.9 Å². The van der Waals surface area contributed by atoms with Crippen LogP contribution in [-0.4, -0.2) is 25.0 Å². The molecule has 0 bridgehead atoms. The maximum Gasteiger partial charge on any atom is 0.176 e. The second kappa shape index (κ2) is 3.37. The Bertz CT molecular complexity index is 643. The lowest BCUT2D eigenvalue weighted by molar-refractivity contribution is 0.726. The highest BCUT2D eigenvalue weighted by molar-refractivity contribution is 5.74. The van der Waals surface area contributed by atoms with E-state index in [1.165, 1.54) is 4.80 Å². The largest absolute Gasteiger partial charge is 0.237 e. The third kappa shape index (κ3) is 1.42. The SMILES string of the molecule is Cc1cnn(-c2ccc3[c]ccnc3n2)n1. The molecule has 0 aliphatic carbocycles. The zero-order chi connectivity index (χ0) is 11.0. The molecule has 3 aromatic rings. The summed E-state index contributed by atoms with van der Waals surface area (Å²) in [6.07, 6.45) is 3.36. The van der Waals surface area contributed by atoms with Crippen molar-refractivity contribution in [3.8, 4) is 5.82 Å². The Labute approximate surface area is 91.8 Å². The van der Waals surface area contributed by atoms with Crippen molar-refractivity contribution in [3.05, 3.63) is 42.4 Å². The number of fused-ring (bicyclic) bond motifs is 1. The van der Waals surface area contributed by atoms with E-state index in [1.54, 1.807) is 18.5 Å². The van der Waals surface area contributed by atoms with Crippen LogP contribution in [0.15, 0.2) is 30.6 Å². The fraction of sp³-hybridized carbons (Fsp3) is 0.0909. The molecule has 16 heavy (non-hydrogen) atoms. The van der Waals surface area contributed by atoms with Gasteiger partial charge in [-0.1, -0.05) is 0 Å². The molecule has 1 radical (unpaired) electrons. The molecular weight excluding hydrogens is 202 g/mol. The van der Waals surface area contributed by atoms with E-state index in [0.29, 0.717) is 11.5 Å². The first-order valence-electron chi connectivity index (χ1n) is 4.86. The highest BCUT2D eigenvalue weighted by atomic mass is 15.5. The topological polar surface area (TPSA) is 56.5 Å². The average Bonchev–Trinajstić information content (AvgIpc) is 2.75. The molecule has 3 heterocycles. The minimum absolute atomic E-state index is 0.648. The Hall–Kier alpha value is -2.30. The van der Waals surface area contributed by atoms with Crippen LogP contribution < -0.4 is 0 Å². The lowest BCUT2D eigenvalue weighted by atomic mass is 10.3. The second-order valence-corrected chi connectivity index (χ2v) is 3.41. The molecule has 5 nitrogen and oxygen atoms in total. The van der Waals surface area contributed by atoms with Crippen molar-refractivity contribution in [2.75, 3.05) is 0 Å². The molecule has 0 spiro atoms. The Kier molecular flexibility index (Phi) is 1.89. The van der Waals surface area contributed by atoms with Gasteiger partial charge in [-0.3, -0.25) is 0 Å². The zero-order valence-corrected chi connectivity index (χ0v) is 8.62. The molecule has 0 saturated carbocycles. The molecule has 0 atom stereocenters. The van der Waals surface area contributed by atoms with Crippen LogP contribution in [0.1, 0.15) is 5.69 Å². The summed E-state index contributed by atoms with van der Waals surface area (Å²) in [5.74, 6) is 0.660. The van der Waals surface area contributed by atoms with Crippen molar-refractivity contribution in [3.63, 3.8) is 0 Å². The molecule has 0 unspecified atom stereocenters. The molecule has 3 rings (SSSR count). The summed E-state index contributed by atoms with van der Waals surface area (Å²) in [5, 5.41) is 9.18. The molecule has 0 N–H and O–H groups in total. The fourth-order valence-electron chi connectivity index (χ4n) is 1.45. The van der Waals surface area contributed by atoms with Gasteiger partial charge in [-0.05, 0) is 31.2 Å². The van der Waals surface area contributed by atoms with E-state index in [1.807, 2.05) is 19.1 Å². The summed E-state index contributed by atoms with van der Waals surface area (Å²) >= 11 is 0. The van der Waals surface area contributed by atoms with Crippen molar-refractivity contribution in [1.29, 1.82) is 0 Å². The Balaban J connectivity index is 2.18. The molecule has 0 aliphatic heterocycles. The highest BCUT2D eigenvalue weighted by Gasteiger charge is 2.03. The molecule has 0 aromatic carbocycles. The van der Waals surface area contributed by atoms with Gasteiger partial charge in [0.25, 0.3) is 0 Å². The quantitative estimate of drug-likeness (QED) is 0.607. The summed E-state index contributed by atoms with van der Waals surface area (Å²) in [7, 11) is 0. The van der Waals surface area contributed by atoms with E-state index in [2.05, 4.69) is 26.2 Å². The van der Waals surface area contributed by atoms with Crippen LogP contribution in [0.2, 0.25) is 0 Å². The Morgan fingerprint density at radius 3 is 3.06 bits per heavy atom. The van der Waals surface area contributed by atoms with Crippen LogP contribution in [0.3, 0.4) is 0 Å². The van der Waals surface area contributed by atoms with Gasteiger partial charge in [-0.2, -0.15) is 10.2 Å². The Morgan fingerprint density at radius 2 is 2.25 bits per heavy atom. The molecule has 3 aromatic heterocycles. The van der Waals surface area contributed by atoms with E-state index in [4.69, 9.17) is 0 Å². The van der Waals surface area contributed by atoms with E-state index in [0.717, 1.165) is 11.1 Å². The van der Waals surface area contributed by atoms with Gasteiger partial charge < -0.3 is 0 Å². The lowest BCUT2D eigenvalue weighted by Gasteiger charge is -1.99. The first kappa shape index (κ1) is 8.96. The number of pyridine rings is 2. The minimum atomic E-state index is 0.648. The molecule has 77 valence electrons. The van der Waals surface area contributed by atoms with E-state index < -0.39 is 0 Å². The lowest BCUT2D eigenvalue weighted by Crippen LogP contribution is -2.02. The van der Waals surface area contributed by atoms with Gasteiger partial charge in [0.05, 0.1) is 11.9 Å². The third-order valence-corrected chi connectivity index (χ3v) is 2.18. The molecule has 0 aliphatic rings. The minimum Gasteiger partial charge on any atom is -0.237 e. The van der Waals surface area contributed by atoms with Gasteiger partial charge in [0, 0.05) is 11.6 Å². The molecule has 0 saturated heterocycles. The van der Waals surface area contributed by atoms with Crippen molar-refractivity contribution < 1.29 is 0 Å². The first-order chi connectivity index (χ1) is 7.83. The van der Waals surface area contributed by atoms with Gasteiger partial charge in [0.1, 0.15) is 0 Å². The maximum absolute atomic E-state index is 4.35. The standard InChI is InChI=1S/C11H8N5/c1-8-7-13-16(15-8)10-5-4-9-3-2-6-12-11(9)14-10/h2,4-7H,1H3. The number of nitrogens with zero attached hydrogens (tertiary/aromatic N) is 5. The van der Waals surface area contributed by atoms with Crippen LogP contribution in [0, 0.1) is 13.0 Å². The summed E-state index contributed by atoms with van der Waals surface area (Å²) in [6.45, 7) is 1.89. The smallest absolute Gasteiger partial charge is 0.176 e. The first-order valence-corrected chi connectivity index (χ1v) is 4.86. The number of aromatic nitrogens is 5. The van der Waals surface area contributed by atoms with Crippen LogP contribution in [-0.2, 0) is 0 Å². The van der Waals surface area contributed by atoms with Gasteiger partial charge >= 0.3 is 0 Å². The van der Waals surface area contributed by atoms with Crippen molar-refractivity contribution in [1.82, 2.24) is 25.0 Å².